The summed E-state index contributed by atoms with van der Waals surface area (Å²) in [6, 6.07) is 20.4. The summed E-state index contributed by atoms with van der Waals surface area (Å²) in [5.41, 5.74) is 5.32. The van der Waals surface area contributed by atoms with Crippen LogP contribution in [0, 0.1) is 0 Å². The van der Waals surface area contributed by atoms with Crippen LogP contribution in [0.4, 0.5) is 0 Å². The average Bonchev–Trinajstić information content (AvgIpc) is 2.75. The van der Waals surface area contributed by atoms with Crippen LogP contribution in [0.2, 0.25) is 0 Å². The lowest BCUT2D eigenvalue weighted by atomic mass is 9.92. The molecule has 4 heteroatoms. The highest BCUT2D eigenvalue weighted by Crippen LogP contribution is 2.44. The molecule has 0 N–H and O–H groups in total. The first-order valence-electron chi connectivity index (χ1n) is 9.63. The van der Waals surface area contributed by atoms with Gasteiger partial charge in [0, 0.05) is 28.4 Å². The van der Waals surface area contributed by atoms with Crippen molar-refractivity contribution in [2.75, 3.05) is 0 Å². The first kappa shape index (κ1) is 15.1. The van der Waals surface area contributed by atoms with E-state index in [-0.39, 0.29) is 0 Å². The Morgan fingerprint density at radius 2 is 1.31 bits per heavy atom. The predicted octanol–water partition coefficient (Wildman–Crippen LogP) is 6.01. The van der Waals surface area contributed by atoms with Gasteiger partial charge < -0.3 is 8.83 Å². The Bertz CT molecular complexity index is 1770. The number of aromatic nitrogens is 2. The van der Waals surface area contributed by atoms with E-state index >= 15 is 0 Å². The number of aryl methyl sites for hydroxylation is 1. The summed E-state index contributed by atoms with van der Waals surface area (Å²) in [6.07, 6.45) is 3.89. The fraction of sp³-hybridized carbons (Fsp3) is 0.0400. The summed E-state index contributed by atoms with van der Waals surface area (Å²) < 4.78 is 14.7. The molecule has 0 radical (unpaired) electrons. The molecule has 0 aliphatic carbocycles. The van der Waals surface area contributed by atoms with Crippen LogP contribution in [-0.2, 0) is 7.05 Å². The highest BCUT2D eigenvalue weighted by atomic mass is 16.3. The molecule has 0 bridgehead atoms. The molecule has 4 nitrogen and oxygen atoms in total. The second-order valence-corrected chi connectivity index (χ2v) is 7.49. The average molecular weight is 375 g/mol. The Morgan fingerprint density at radius 3 is 2.10 bits per heavy atom. The van der Waals surface area contributed by atoms with Crippen LogP contribution in [0.25, 0.3) is 65.7 Å². The molecule has 0 aliphatic rings. The predicted molar refractivity (Wildman–Crippen MR) is 115 cm³/mol. The third-order valence-electron chi connectivity index (χ3n) is 5.92. The van der Waals surface area contributed by atoms with Gasteiger partial charge in [0.2, 0.25) is 0 Å². The van der Waals surface area contributed by atoms with Gasteiger partial charge in [-0.1, -0.05) is 24.3 Å². The molecule has 136 valence electrons. The van der Waals surface area contributed by atoms with Crippen molar-refractivity contribution in [3.05, 3.63) is 73.1 Å². The van der Waals surface area contributed by atoms with E-state index in [2.05, 4.69) is 42.1 Å². The maximum atomic E-state index is 6.34. The van der Waals surface area contributed by atoms with Gasteiger partial charge in [-0.25, -0.2) is 0 Å². The van der Waals surface area contributed by atoms with Crippen molar-refractivity contribution in [3.63, 3.8) is 0 Å². The van der Waals surface area contributed by atoms with Crippen molar-refractivity contribution in [3.8, 4) is 0 Å². The number of benzene rings is 3. The maximum Gasteiger partial charge on any atom is 0.256 e. The third-order valence-corrected chi connectivity index (χ3v) is 5.92. The Balaban J connectivity index is 2.03. The normalized spacial score (nSPS) is 12.3. The maximum absolute atomic E-state index is 6.34. The number of fused-ring (bicyclic) bond motifs is 6. The van der Waals surface area contributed by atoms with Crippen molar-refractivity contribution in [2.24, 2.45) is 7.05 Å². The molecule has 0 spiro atoms. The van der Waals surface area contributed by atoms with Crippen LogP contribution in [0.3, 0.4) is 0 Å². The van der Waals surface area contributed by atoms with Crippen molar-refractivity contribution >= 4 is 65.7 Å². The van der Waals surface area contributed by atoms with Gasteiger partial charge in [-0.15, -0.1) is 0 Å². The van der Waals surface area contributed by atoms with Crippen molar-refractivity contribution in [2.45, 2.75) is 0 Å². The fourth-order valence-corrected chi connectivity index (χ4v) is 4.79. The number of hydrogen-bond acceptors (Lipinski definition) is 3. The minimum Gasteiger partial charge on any atom is -0.454 e. The quantitative estimate of drug-likeness (QED) is 0.185. The zero-order valence-electron chi connectivity index (χ0n) is 15.6. The molecule has 0 aliphatic heterocycles. The van der Waals surface area contributed by atoms with E-state index in [1.54, 1.807) is 0 Å². The smallest absolute Gasteiger partial charge is 0.256 e. The number of nitrogens with zero attached hydrogens (tertiary/aromatic N) is 2. The van der Waals surface area contributed by atoms with E-state index in [9.17, 15) is 0 Å². The van der Waals surface area contributed by atoms with Crippen molar-refractivity contribution in [1.82, 2.24) is 4.98 Å². The van der Waals surface area contributed by atoms with Gasteiger partial charge in [0.05, 0.1) is 5.39 Å². The highest BCUT2D eigenvalue weighted by molar-refractivity contribution is 6.38. The zero-order valence-corrected chi connectivity index (χ0v) is 15.6. The van der Waals surface area contributed by atoms with E-state index < -0.39 is 0 Å². The molecule has 0 amide bonds. The molecule has 0 fully saturated rings. The van der Waals surface area contributed by atoms with Gasteiger partial charge in [0.1, 0.15) is 23.7 Å². The fourth-order valence-electron chi connectivity index (χ4n) is 4.79. The summed E-state index contributed by atoms with van der Waals surface area (Å²) in [4.78, 5) is 4.74. The van der Waals surface area contributed by atoms with E-state index in [1.807, 2.05) is 42.6 Å². The van der Waals surface area contributed by atoms with E-state index in [0.717, 1.165) is 65.7 Å². The first-order valence-corrected chi connectivity index (χ1v) is 9.63. The molecule has 29 heavy (non-hydrogen) atoms. The largest absolute Gasteiger partial charge is 0.454 e. The monoisotopic (exact) mass is 375 g/mol. The molecule has 4 aromatic heterocycles. The summed E-state index contributed by atoms with van der Waals surface area (Å²) in [5, 5.41) is 6.82. The van der Waals surface area contributed by atoms with E-state index in [4.69, 9.17) is 13.8 Å². The van der Waals surface area contributed by atoms with Crippen molar-refractivity contribution in [1.29, 1.82) is 0 Å². The molecule has 0 saturated carbocycles. The molecular formula is C25H15N2O2+. The van der Waals surface area contributed by atoms with Crippen LogP contribution < -0.4 is 4.57 Å². The number of rotatable bonds is 0. The van der Waals surface area contributed by atoms with Crippen molar-refractivity contribution < 1.29 is 13.4 Å². The number of pyridine rings is 2. The molecule has 7 rings (SSSR count). The summed E-state index contributed by atoms with van der Waals surface area (Å²) >= 11 is 0. The SMILES string of the molecule is C[n+]1cccc2oc3cccc4c5cccc6oc7cccnc7c(c65)c(c34)c21. The summed E-state index contributed by atoms with van der Waals surface area (Å²) in [6.45, 7) is 0. The van der Waals surface area contributed by atoms with E-state index in [0.29, 0.717) is 0 Å². The topological polar surface area (TPSA) is 43.0 Å². The van der Waals surface area contributed by atoms with Crippen LogP contribution in [0.1, 0.15) is 0 Å². The van der Waals surface area contributed by atoms with Gasteiger partial charge in [0.15, 0.2) is 17.4 Å². The van der Waals surface area contributed by atoms with Gasteiger partial charge in [0.25, 0.3) is 5.52 Å². The molecule has 0 atom stereocenters. The standard InChI is InChI=1S/C25H15N2O2/c1-27-13-5-11-19-25(27)23-21-15(7-3-9-17(21)29-19)14-6-2-8-16-20(14)22(23)24-18(28-16)10-4-12-26-24/h2-13H,1H3/q+1. The summed E-state index contributed by atoms with van der Waals surface area (Å²) in [7, 11) is 2.06. The Hall–Kier alpha value is -3.92. The van der Waals surface area contributed by atoms with Gasteiger partial charge in [-0.3, -0.25) is 4.98 Å². The Kier molecular flexibility index (Phi) is 2.66. The molecule has 0 unspecified atom stereocenters. The second-order valence-electron chi connectivity index (χ2n) is 7.49. The first-order chi connectivity index (χ1) is 14.3. The second kappa shape index (κ2) is 5.11. The minimum absolute atomic E-state index is 0.784. The van der Waals surface area contributed by atoms with Gasteiger partial charge in [-0.05, 0) is 41.1 Å². The molecule has 4 heterocycles. The molecule has 3 aromatic carbocycles. The van der Waals surface area contributed by atoms with Crippen LogP contribution in [0.5, 0.6) is 0 Å². The third kappa shape index (κ3) is 1.79. The Labute approximate surface area is 164 Å². The lowest BCUT2D eigenvalue weighted by molar-refractivity contribution is -0.644. The zero-order chi connectivity index (χ0) is 19.1. The minimum atomic E-state index is 0.784. The molecular weight excluding hydrogens is 360 g/mol. The van der Waals surface area contributed by atoms with Crippen LogP contribution >= 0.6 is 0 Å². The molecule has 0 saturated heterocycles. The van der Waals surface area contributed by atoms with Crippen LogP contribution in [-0.4, -0.2) is 4.98 Å². The lowest BCUT2D eigenvalue weighted by Crippen LogP contribution is -2.28. The summed E-state index contributed by atoms with van der Waals surface area (Å²) in [5.74, 6) is 0. The highest BCUT2D eigenvalue weighted by Gasteiger charge is 2.24. The lowest BCUT2D eigenvalue weighted by Gasteiger charge is -2.15. The van der Waals surface area contributed by atoms with Gasteiger partial charge in [-0.2, -0.15) is 4.57 Å². The van der Waals surface area contributed by atoms with Crippen LogP contribution in [0.15, 0.2) is 81.9 Å². The van der Waals surface area contributed by atoms with Gasteiger partial charge >= 0.3 is 0 Å². The Morgan fingerprint density at radius 1 is 0.655 bits per heavy atom. The molecule has 7 aromatic rings. The number of hydrogen-bond donors (Lipinski definition) is 0. The van der Waals surface area contributed by atoms with E-state index in [1.165, 1.54) is 0 Å².